The zero-order valence-corrected chi connectivity index (χ0v) is 20.5. The van der Waals surface area contributed by atoms with Gasteiger partial charge in [-0.3, -0.25) is 0 Å². The van der Waals surface area contributed by atoms with Gasteiger partial charge in [0, 0.05) is 22.4 Å². The second-order valence-electron chi connectivity index (χ2n) is 9.46. The van der Waals surface area contributed by atoms with Crippen LogP contribution in [0.4, 0.5) is 14.5 Å². The molecule has 2 aliphatic rings. The minimum Gasteiger partial charge on any atom is -0.504 e. The first kappa shape index (κ1) is 23.7. The van der Waals surface area contributed by atoms with Crippen molar-refractivity contribution in [3.63, 3.8) is 0 Å². The average molecular weight is 492 g/mol. The van der Waals surface area contributed by atoms with Crippen molar-refractivity contribution >= 4 is 23.1 Å². The van der Waals surface area contributed by atoms with Gasteiger partial charge in [0.15, 0.2) is 11.5 Å². The van der Waals surface area contributed by atoms with E-state index in [1.54, 1.807) is 24.3 Å². The van der Waals surface area contributed by atoms with Gasteiger partial charge in [-0.05, 0) is 68.3 Å². The van der Waals surface area contributed by atoms with Crippen molar-refractivity contribution in [3.05, 3.63) is 71.3 Å². The lowest BCUT2D eigenvalue weighted by molar-refractivity contribution is 0.0819. The Bertz CT molecular complexity index is 1410. The predicted octanol–water partition coefficient (Wildman–Crippen LogP) is 7.21. The number of anilines is 1. The zero-order valence-electron chi connectivity index (χ0n) is 20.5. The Morgan fingerprint density at radius 2 is 1.89 bits per heavy atom. The van der Waals surface area contributed by atoms with E-state index in [1.165, 1.54) is 13.2 Å². The summed E-state index contributed by atoms with van der Waals surface area (Å²) in [5.74, 6) is 1.83. The molecule has 2 heterocycles. The van der Waals surface area contributed by atoms with E-state index in [0.717, 1.165) is 33.5 Å². The van der Waals surface area contributed by atoms with Crippen molar-refractivity contribution in [2.45, 2.75) is 32.7 Å². The largest absolute Gasteiger partial charge is 0.504 e. The maximum absolute atomic E-state index is 12.6. The molecule has 7 heteroatoms. The van der Waals surface area contributed by atoms with Crippen molar-refractivity contribution in [3.8, 4) is 34.1 Å². The van der Waals surface area contributed by atoms with Gasteiger partial charge in [0.2, 0.25) is 0 Å². The summed E-state index contributed by atoms with van der Waals surface area (Å²) in [5, 5.41) is 14.1. The number of ether oxygens (including phenoxy) is 3. The minimum atomic E-state index is -2.55. The van der Waals surface area contributed by atoms with Crippen molar-refractivity contribution in [2.24, 2.45) is 0 Å². The van der Waals surface area contributed by atoms with Crippen LogP contribution in [0.5, 0.6) is 23.0 Å². The molecule has 3 aromatic rings. The number of benzene rings is 3. The van der Waals surface area contributed by atoms with Gasteiger partial charge >= 0.3 is 0 Å². The maximum Gasteiger partial charge on any atom is 0.272 e. The second kappa shape index (κ2) is 8.90. The Morgan fingerprint density at radius 1 is 1.08 bits per heavy atom. The molecule has 186 valence electrons. The quantitative estimate of drug-likeness (QED) is 0.395. The summed E-state index contributed by atoms with van der Waals surface area (Å²) in [4.78, 5) is 0. The van der Waals surface area contributed by atoms with E-state index in [9.17, 15) is 13.9 Å². The molecular weight excluding hydrogens is 464 g/mol. The molecule has 0 unspecified atom stereocenters. The molecule has 3 aromatic carbocycles. The van der Waals surface area contributed by atoms with Gasteiger partial charge in [-0.15, -0.1) is 0 Å². The molecule has 0 aromatic heterocycles. The molecule has 0 saturated carbocycles. The highest BCUT2D eigenvalue weighted by Crippen LogP contribution is 2.54. The van der Waals surface area contributed by atoms with Gasteiger partial charge < -0.3 is 24.6 Å². The van der Waals surface area contributed by atoms with Gasteiger partial charge in [0.05, 0.1) is 18.2 Å². The number of alkyl halides is 2. The summed E-state index contributed by atoms with van der Waals surface area (Å²) < 4.78 is 42.5. The normalized spacial score (nSPS) is 16.3. The number of halogens is 2. The molecule has 5 nitrogen and oxygen atoms in total. The number of phenols is 1. The van der Waals surface area contributed by atoms with Crippen LogP contribution >= 0.6 is 0 Å². The molecule has 0 radical (unpaired) electrons. The molecule has 0 saturated heterocycles. The number of methoxy groups -OCH3 is 1. The summed E-state index contributed by atoms with van der Waals surface area (Å²) in [5.41, 5.74) is 5.91. The van der Waals surface area contributed by atoms with Gasteiger partial charge in [-0.25, -0.2) is 8.78 Å². The van der Waals surface area contributed by atoms with Crippen LogP contribution in [0, 0.1) is 0 Å². The molecule has 5 rings (SSSR count). The molecule has 2 N–H and O–H groups in total. The fourth-order valence-electron chi connectivity index (χ4n) is 4.95. The van der Waals surface area contributed by atoms with Crippen LogP contribution in [-0.4, -0.2) is 30.8 Å². The van der Waals surface area contributed by atoms with Crippen LogP contribution in [0.3, 0.4) is 0 Å². The van der Waals surface area contributed by atoms with Crippen LogP contribution in [0.2, 0.25) is 0 Å². The Morgan fingerprint density at radius 3 is 2.64 bits per heavy atom. The Labute approximate surface area is 208 Å². The first-order valence-corrected chi connectivity index (χ1v) is 11.6. The highest BCUT2D eigenvalue weighted by atomic mass is 19.3. The van der Waals surface area contributed by atoms with E-state index in [0.29, 0.717) is 28.6 Å². The van der Waals surface area contributed by atoms with Crippen LogP contribution in [0.25, 0.3) is 28.5 Å². The van der Waals surface area contributed by atoms with E-state index in [4.69, 9.17) is 14.2 Å². The topological polar surface area (TPSA) is 60.0 Å². The van der Waals surface area contributed by atoms with E-state index >= 15 is 0 Å². The SMILES string of the molecule is COc1c(O)ccc2c1-c1ccc3c(c1C(=Cc1cccc(OCC(F)F)c1)O2)C(C)=CC(C)(C)N3. The molecule has 0 atom stereocenters. The number of fused-ring (bicyclic) bond motifs is 5. The van der Waals surface area contributed by atoms with Crippen LogP contribution in [-0.2, 0) is 0 Å². The third-order valence-corrected chi connectivity index (χ3v) is 6.20. The second-order valence-corrected chi connectivity index (χ2v) is 9.46. The Kier molecular flexibility index (Phi) is 5.86. The molecule has 0 fully saturated rings. The monoisotopic (exact) mass is 491 g/mol. The van der Waals surface area contributed by atoms with Crippen molar-refractivity contribution in [2.75, 3.05) is 19.0 Å². The molecular formula is C29H27F2NO4. The van der Waals surface area contributed by atoms with Gasteiger partial charge in [-0.2, -0.15) is 0 Å². The fourth-order valence-corrected chi connectivity index (χ4v) is 4.95. The number of rotatable bonds is 5. The molecule has 0 amide bonds. The fraction of sp³-hybridized carbons (Fsp3) is 0.241. The highest BCUT2D eigenvalue weighted by Gasteiger charge is 2.33. The van der Waals surface area contributed by atoms with Crippen molar-refractivity contribution < 1.29 is 28.1 Å². The lowest BCUT2D eigenvalue weighted by Gasteiger charge is -2.35. The predicted molar refractivity (Wildman–Crippen MR) is 138 cm³/mol. The standard InChI is InChI=1S/C29H27F2NO4/c1-16-14-29(2,3)32-20-9-8-19-26(25(16)20)23(36-22-11-10-21(33)28(34-4)27(19)22)13-17-6-5-7-18(12-17)35-15-24(30)31/h5-14,24,32-33H,15H2,1-4H3. The van der Waals surface area contributed by atoms with Crippen LogP contribution < -0.4 is 19.5 Å². The maximum atomic E-state index is 12.6. The molecule has 0 aliphatic carbocycles. The van der Waals surface area contributed by atoms with Crippen LogP contribution in [0.1, 0.15) is 37.5 Å². The van der Waals surface area contributed by atoms with Crippen molar-refractivity contribution in [1.82, 2.24) is 0 Å². The highest BCUT2D eigenvalue weighted by molar-refractivity contribution is 6.02. The molecule has 0 spiro atoms. The first-order valence-electron chi connectivity index (χ1n) is 11.6. The first-order chi connectivity index (χ1) is 17.2. The lowest BCUT2D eigenvalue weighted by atomic mass is 9.83. The lowest BCUT2D eigenvalue weighted by Crippen LogP contribution is -2.32. The van der Waals surface area contributed by atoms with Gasteiger partial charge in [0.25, 0.3) is 6.43 Å². The minimum absolute atomic E-state index is 0.0198. The number of phenolic OH excluding ortho intramolecular Hbond substituents is 1. The van der Waals surface area contributed by atoms with E-state index in [-0.39, 0.29) is 11.3 Å². The summed E-state index contributed by atoms with van der Waals surface area (Å²) in [6.07, 6.45) is 1.48. The summed E-state index contributed by atoms with van der Waals surface area (Å²) >= 11 is 0. The summed E-state index contributed by atoms with van der Waals surface area (Å²) in [6, 6.07) is 14.2. The molecule has 36 heavy (non-hydrogen) atoms. The number of hydrogen-bond donors (Lipinski definition) is 2. The third kappa shape index (κ3) is 4.26. The average Bonchev–Trinajstić information content (AvgIpc) is 2.82. The summed E-state index contributed by atoms with van der Waals surface area (Å²) in [7, 11) is 1.51. The number of hydrogen-bond acceptors (Lipinski definition) is 5. The van der Waals surface area contributed by atoms with Crippen LogP contribution in [0.15, 0.2) is 54.6 Å². The Balaban J connectivity index is 1.72. The zero-order chi connectivity index (χ0) is 25.6. The molecule has 2 aliphatic heterocycles. The van der Waals surface area contributed by atoms with E-state index in [1.807, 2.05) is 24.3 Å². The Hall–Kier alpha value is -4.00. The third-order valence-electron chi connectivity index (χ3n) is 6.20. The van der Waals surface area contributed by atoms with Gasteiger partial charge in [-0.1, -0.05) is 24.3 Å². The number of allylic oxidation sites excluding steroid dienone is 1. The number of aromatic hydroxyl groups is 1. The van der Waals surface area contributed by atoms with E-state index in [2.05, 4.69) is 32.2 Å². The summed E-state index contributed by atoms with van der Waals surface area (Å²) in [6.45, 7) is 5.60. The smallest absolute Gasteiger partial charge is 0.272 e. The van der Waals surface area contributed by atoms with Gasteiger partial charge in [0.1, 0.15) is 23.9 Å². The number of nitrogens with one attached hydrogen (secondary N) is 1. The van der Waals surface area contributed by atoms with E-state index < -0.39 is 13.0 Å². The van der Waals surface area contributed by atoms with Crippen molar-refractivity contribution in [1.29, 1.82) is 0 Å². The molecule has 0 bridgehead atoms.